The number of hydrogen-bond acceptors (Lipinski definition) is 13. The number of fused-ring (bicyclic) bond motifs is 1. The van der Waals surface area contributed by atoms with Crippen LogP contribution in [0.3, 0.4) is 0 Å². The number of nitrogens with zero attached hydrogens (tertiary/aromatic N) is 3. The summed E-state index contributed by atoms with van der Waals surface area (Å²) >= 11 is 0. The molecule has 380 valence electrons. The van der Waals surface area contributed by atoms with Crippen LogP contribution in [-0.2, 0) is 30.1 Å². The van der Waals surface area contributed by atoms with Crippen molar-refractivity contribution < 1.29 is 48.5 Å². The number of piperidine rings is 2. The second kappa shape index (κ2) is 20.1. The summed E-state index contributed by atoms with van der Waals surface area (Å²) in [5.74, 6) is 6.10. The van der Waals surface area contributed by atoms with Gasteiger partial charge in [-0.1, -0.05) is 42.5 Å². The van der Waals surface area contributed by atoms with E-state index in [-0.39, 0.29) is 66.0 Å². The molecule has 1 aromatic heterocycles. The standard InChI is InChI=1S/C20H21NO4.C18H21NO3.C17H19NO3.3ClH/c1-22-17-6-5-13(10-18(17)23-2)9-16-15-12-20(25-4)19(24-3)11-14(15)7-8-21-16;1-19-8-7-18-11-4-5-13(20)17(18)22-16-14(21-2)6-3-10(15(16)18)9-12(11)19;1-18-7-6-17-10-3-5-13(20)16(17)21-15-12(19)4-2-9(14(15)17)8-11(10)18;;;/h5-8,10-12H,9H2,1-4H3;3-6,11-13,17,20H,7-9H2,1-2H3;2-5,10-11,13,16,19-20H,6-8H2,1H3;3*1H/t;11-,12+,13-,17?,18-;10-,11+,13-,16-,17-;;;/m.00.../s1. The summed E-state index contributed by atoms with van der Waals surface area (Å²) in [6.45, 7) is 2.06. The van der Waals surface area contributed by atoms with Gasteiger partial charge in [0.15, 0.2) is 46.0 Å². The molecule has 4 aromatic carbocycles. The number of aromatic nitrogens is 1. The smallest absolute Gasteiger partial charge is 0.165 e. The highest BCUT2D eigenvalue weighted by Gasteiger charge is 2.65. The van der Waals surface area contributed by atoms with Crippen molar-refractivity contribution in [3.05, 3.63) is 125 Å². The summed E-state index contributed by atoms with van der Waals surface area (Å²) in [5, 5.41) is 33.3. The zero-order chi connectivity index (χ0) is 47.2. The average molecular weight is 1030 g/mol. The molecular formula is C55H64Cl3N3O10. The highest BCUT2D eigenvalue weighted by molar-refractivity contribution is 5.88. The number of methoxy groups -OCH3 is 5. The van der Waals surface area contributed by atoms with Crippen molar-refractivity contribution in [3.8, 4) is 46.0 Å². The van der Waals surface area contributed by atoms with Gasteiger partial charge in [0.25, 0.3) is 0 Å². The first-order valence-corrected chi connectivity index (χ1v) is 23.7. The van der Waals surface area contributed by atoms with Crippen molar-refractivity contribution in [2.24, 2.45) is 11.8 Å². The molecule has 2 saturated heterocycles. The van der Waals surface area contributed by atoms with Crippen LogP contribution in [0, 0.1) is 11.8 Å². The minimum atomic E-state index is -0.594. The number of phenolic OH excluding ortho intramolecular Hbond substituents is 1. The average Bonchev–Trinajstić information content (AvgIpc) is 3.91. The van der Waals surface area contributed by atoms with E-state index in [0.717, 1.165) is 72.3 Å². The maximum Gasteiger partial charge on any atom is 0.165 e. The van der Waals surface area contributed by atoms with Crippen LogP contribution in [-0.4, -0.2) is 129 Å². The second-order valence-electron chi connectivity index (χ2n) is 19.6. The Morgan fingerprint density at radius 1 is 0.606 bits per heavy atom. The molecule has 5 aromatic rings. The van der Waals surface area contributed by atoms with Gasteiger partial charge in [-0.15, -0.1) is 37.2 Å². The van der Waals surface area contributed by atoms with E-state index in [1.54, 1.807) is 41.6 Å². The molecule has 10 atom stereocenters. The first kappa shape index (κ1) is 52.2. The van der Waals surface area contributed by atoms with Crippen LogP contribution >= 0.6 is 37.2 Å². The highest BCUT2D eigenvalue weighted by atomic mass is 35.5. The molecule has 2 fully saturated rings. The number of likely N-dealkylation sites (N-methyl/N-ethyl adjacent to an activating group) is 2. The van der Waals surface area contributed by atoms with Gasteiger partial charge in [0.05, 0.1) is 41.2 Å². The molecule has 4 bridgehead atoms. The van der Waals surface area contributed by atoms with Gasteiger partial charge < -0.3 is 58.3 Å². The Balaban J connectivity index is 0.000000140. The van der Waals surface area contributed by atoms with Crippen LogP contribution in [0.15, 0.2) is 91.2 Å². The molecule has 13 rings (SSSR count). The first-order valence-electron chi connectivity index (χ1n) is 23.7. The second-order valence-corrected chi connectivity index (χ2v) is 19.6. The summed E-state index contributed by atoms with van der Waals surface area (Å²) in [7, 11) is 12.6. The number of phenols is 1. The molecule has 13 nitrogen and oxygen atoms in total. The minimum absolute atomic E-state index is 0. The van der Waals surface area contributed by atoms with Gasteiger partial charge in [0, 0.05) is 63.9 Å². The zero-order valence-corrected chi connectivity index (χ0v) is 43.4. The van der Waals surface area contributed by atoms with Crippen molar-refractivity contribution in [3.63, 3.8) is 0 Å². The lowest BCUT2D eigenvalue weighted by Gasteiger charge is -2.56. The Hall–Kier alpha value is -5.12. The molecule has 8 aliphatic rings. The Morgan fingerprint density at radius 3 is 1.69 bits per heavy atom. The number of aromatic hydroxyl groups is 1. The number of likely N-dealkylation sites (tertiary alicyclic amines) is 2. The summed E-state index contributed by atoms with van der Waals surface area (Å²) in [5.41, 5.74) is 6.95. The topological polar surface area (TPSA) is 145 Å². The van der Waals surface area contributed by atoms with Crippen LogP contribution < -0.4 is 33.2 Å². The van der Waals surface area contributed by atoms with Gasteiger partial charge in [-0.3, -0.25) is 4.98 Å². The highest BCUT2D eigenvalue weighted by Crippen LogP contribution is 2.64. The van der Waals surface area contributed by atoms with Crippen molar-refractivity contribution in [2.45, 2.75) is 79.4 Å². The van der Waals surface area contributed by atoms with E-state index in [4.69, 9.17) is 33.2 Å². The molecule has 4 aliphatic carbocycles. The number of aliphatic hydroxyl groups is 2. The van der Waals surface area contributed by atoms with E-state index in [1.165, 1.54) is 22.3 Å². The molecule has 3 N–H and O–H groups in total. The summed E-state index contributed by atoms with van der Waals surface area (Å²) in [6, 6.07) is 20.7. The fraction of sp³-hybridized carbons (Fsp3) is 0.436. The molecule has 71 heavy (non-hydrogen) atoms. The van der Waals surface area contributed by atoms with Crippen LogP contribution in [0.25, 0.3) is 10.8 Å². The Morgan fingerprint density at radius 2 is 1.11 bits per heavy atom. The minimum Gasteiger partial charge on any atom is -0.504 e. The Bertz CT molecular complexity index is 2870. The molecule has 1 unspecified atom stereocenters. The largest absolute Gasteiger partial charge is 0.504 e. The predicted molar refractivity (Wildman–Crippen MR) is 279 cm³/mol. The number of halogens is 3. The molecule has 0 amide bonds. The quantitative estimate of drug-likeness (QED) is 0.137. The van der Waals surface area contributed by atoms with Crippen molar-refractivity contribution in [1.29, 1.82) is 0 Å². The molecule has 5 heterocycles. The third kappa shape index (κ3) is 7.93. The lowest BCUT2D eigenvalue weighted by atomic mass is 9.53. The van der Waals surface area contributed by atoms with Gasteiger partial charge >= 0.3 is 0 Å². The molecular weight excluding hydrogens is 969 g/mol. The van der Waals surface area contributed by atoms with Crippen LogP contribution in [0.1, 0.15) is 46.4 Å². The zero-order valence-electron chi connectivity index (χ0n) is 41.0. The van der Waals surface area contributed by atoms with Gasteiger partial charge in [0.2, 0.25) is 0 Å². The van der Waals surface area contributed by atoms with Crippen molar-refractivity contribution >= 4 is 48.0 Å². The van der Waals surface area contributed by atoms with Gasteiger partial charge in [-0.05, 0) is 117 Å². The first-order chi connectivity index (χ1) is 33.0. The molecule has 0 saturated carbocycles. The molecule has 2 spiro atoms. The lowest BCUT2D eigenvalue weighted by molar-refractivity contribution is -0.0453. The third-order valence-electron chi connectivity index (χ3n) is 16.7. The molecule has 0 radical (unpaired) electrons. The SMILES string of the molecule is CN1CC[C@]23c4c5ccc(O)c4O[C@H]2[C@@H](O)C=C[C@H]3[C@H]1C5.COc1ccc(Cc2nccc3cc(OC)c(OC)cc23)cc1OC.COc1ccc2c3c1OC1[C@@H](O)C=C[C@H]4[C@@H](C2)N(C)CC[C@]314.Cl.Cl.Cl. The van der Waals surface area contributed by atoms with Crippen LogP contribution in [0.5, 0.6) is 46.0 Å². The fourth-order valence-electron chi connectivity index (χ4n) is 13.5. The lowest BCUT2D eigenvalue weighted by Crippen LogP contribution is -2.64. The van der Waals surface area contributed by atoms with Crippen molar-refractivity contribution in [1.82, 2.24) is 14.8 Å². The van der Waals surface area contributed by atoms with E-state index < -0.39 is 12.2 Å². The van der Waals surface area contributed by atoms with Crippen molar-refractivity contribution in [2.75, 3.05) is 62.7 Å². The van der Waals surface area contributed by atoms with E-state index in [1.807, 2.05) is 66.9 Å². The Kier molecular flexibility index (Phi) is 14.8. The van der Waals surface area contributed by atoms with E-state index in [9.17, 15) is 15.3 Å². The van der Waals surface area contributed by atoms with E-state index >= 15 is 0 Å². The summed E-state index contributed by atoms with van der Waals surface area (Å²) in [6.07, 6.45) is 13.2. The number of pyridine rings is 1. The number of hydrogen-bond donors (Lipinski definition) is 3. The van der Waals surface area contributed by atoms with Gasteiger partial charge in [0.1, 0.15) is 24.4 Å². The summed E-state index contributed by atoms with van der Waals surface area (Å²) < 4.78 is 39.4. The number of rotatable bonds is 7. The number of benzene rings is 4. The van der Waals surface area contributed by atoms with Crippen LogP contribution in [0.2, 0.25) is 0 Å². The Labute approximate surface area is 433 Å². The van der Waals surface area contributed by atoms with Gasteiger partial charge in [-0.2, -0.15) is 0 Å². The maximum absolute atomic E-state index is 10.6. The predicted octanol–water partition coefficient (Wildman–Crippen LogP) is 7.82. The molecule has 4 aliphatic heterocycles. The maximum atomic E-state index is 10.6. The van der Waals surface area contributed by atoms with Crippen LogP contribution in [0.4, 0.5) is 0 Å². The third-order valence-corrected chi connectivity index (χ3v) is 16.7. The summed E-state index contributed by atoms with van der Waals surface area (Å²) in [4.78, 5) is 9.47. The fourth-order valence-corrected chi connectivity index (χ4v) is 13.5. The molecule has 16 heteroatoms. The van der Waals surface area contributed by atoms with Gasteiger partial charge in [-0.25, -0.2) is 0 Å². The van der Waals surface area contributed by atoms with E-state index in [2.05, 4.69) is 47.1 Å². The van der Waals surface area contributed by atoms with E-state index in [0.29, 0.717) is 59.1 Å². The monoisotopic (exact) mass is 1030 g/mol. The normalized spacial score (nSPS) is 29.0. The number of ether oxygens (including phenoxy) is 7. The number of aliphatic hydroxyl groups excluding tert-OH is 2.